The number of hydrogen-bond acceptors (Lipinski definition) is 6. The summed E-state index contributed by atoms with van der Waals surface area (Å²) in [6, 6.07) is 12.1. The van der Waals surface area contributed by atoms with Gasteiger partial charge in [0.1, 0.15) is 5.60 Å². The number of hydrogen-bond donors (Lipinski definition) is 0. The van der Waals surface area contributed by atoms with Gasteiger partial charge in [0.2, 0.25) is 0 Å². The fourth-order valence-corrected chi connectivity index (χ4v) is 6.47. The SMILES string of the molecule is Cc1cc(Br)cc(-n2cc(CN3[C@H](C)CN(C(=O)c4cccc5c4CCCN5C(=O)OC(C)(C)C)C[C@@H]3C)nn2)c1. The molecule has 5 rings (SSSR count). The van der Waals surface area contributed by atoms with Crippen molar-refractivity contribution in [1.29, 1.82) is 0 Å². The van der Waals surface area contributed by atoms with Gasteiger partial charge in [0.05, 0.1) is 23.3 Å². The van der Waals surface area contributed by atoms with E-state index in [-0.39, 0.29) is 24.1 Å². The number of rotatable bonds is 4. The number of piperazine rings is 1. The minimum Gasteiger partial charge on any atom is -0.443 e. The molecular formula is C31H39BrN6O3. The summed E-state index contributed by atoms with van der Waals surface area (Å²) in [5.41, 5.74) is 4.79. The van der Waals surface area contributed by atoms with Crippen LogP contribution in [0, 0.1) is 6.92 Å². The van der Waals surface area contributed by atoms with Gasteiger partial charge < -0.3 is 9.64 Å². The summed E-state index contributed by atoms with van der Waals surface area (Å²) < 4.78 is 8.46. The van der Waals surface area contributed by atoms with Gasteiger partial charge >= 0.3 is 6.09 Å². The van der Waals surface area contributed by atoms with E-state index >= 15 is 0 Å². The number of ether oxygens (including phenoxy) is 1. The van der Waals surface area contributed by atoms with Gasteiger partial charge in [-0.3, -0.25) is 14.6 Å². The van der Waals surface area contributed by atoms with E-state index in [2.05, 4.69) is 64.0 Å². The molecule has 2 amide bonds. The number of carbonyl (C=O) groups excluding carboxylic acids is 2. The summed E-state index contributed by atoms with van der Waals surface area (Å²) in [6.45, 7) is 14.4. The molecule has 2 aliphatic rings. The summed E-state index contributed by atoms with van der Waals surface area (Å²) in [7, 11) is 0. The minimum absolute atomic E-state index is 0.0159. The van der Waals surface area contributed by atoms with Crippen LogP contribution in [0.2, 0.25) is 0 Å². The largest absolute Gasteiger partial charge is 0.443 e. The Morgan fingerprint density at radius 2 is 1.83 bits per heavy atom. The second-order valence-corrected chi connectivity index (χ2v) is 13.2. The van der Waals surface area contributed by atoms with Crippen LogP contribution in [0.1, 0.15) is 68.2 Å². The number of aromatic nitrogens is 3. The predicted molar refractivity (Wildman–Crippen MR) is 163 cm³/mol. The van der Waals surface area contributed by atoms with Crippen LogP contribution in [0.25, 0.3) is 5.69 Å². The molecule has 1 saturated heterocycles. The second kappa shape index (κ2) is 11.6. The van der Waals surface area contributed by atoms with Crippen molar-refractivity contribution in [3.63, 3.8) is 0 Å². The lowest BCUT2D eigenvalue weighted by molar-refractivity contribution is 0.0263. The standard InChI is InChI=1S/C31H39BrN6O3/c1-20-13-23(32)15-25(14-20)38-19-24(33-34-38)18-37-21(2)16-35(17-22(37)3)29(39)27-9-7-11-28-26(27)10-8-12-36(28)30(40)41-31(4,5)6/h7,9,11,13-15,19,21-22H,8,10,12,16-18H2,1-6H3/t21-,22+. The van der Waals surface area contributed by atoms with Gasteiger partial charge in [-0.05, 0) is 95.8 Å². The summed E-state index contributed by atoms with van der Waals surface area (Å²) in [5.74, 6) is 0.0159. The minimum atomic E-state index is -0.583. The summed E-state index contributed by atoms with van der Waals surface area (Å²) in [4.78, 5) is 32.8. The molecule has 2 aliphatic heterocycles. The fourth-order valence-electron chi connectivity index (χ4n) is 5.87. The third-order valence-corrected chi connectivity index (χ3v) is 8.12. The van der Waals surface area contributed by atoms with E-state index in [4.69, 9.17) is 4.74 Å². The Morgan fingerprint density at radius 1 is 1.10 bits per heavy atom. The Kier molecular flexibility index (Phi) is 8.25. The zero-order valence-corrected chi connectivity index (χ0v) is 26.3. The molecule has 0 bridgehead atoms. The molecule has 2 aromatic carbocycles. The Hall–Kier alpha value is -3.24. The first-order valence-corrected chi connectivity index (χ1v) is 15.0. The molecule has 0 unspecified atom stereocenters. The molecule has 218 valence electrons. The second-order valence-electron chi connectivity index (χ2n) is 12.3. The zero-order valence-electron chi connectivity index (χ0n) is 24.7. The predicted octanol–water partition coefficient (Wildman–Crippen LogP) is 5.76. The lowest BCUT2D eigenvalue weighted by atomic mass is 9.95. The van der Waals surface area contributed by atoms with Crippen molar-refractivity contribution in [2.24, 2.45) is 0 Å². The lowest BCUT2D eigenvalue weighted by Crippen LogP contribution is -2.57. The molecule has 0 radical (unpaired) electrons. The molecule has 2 atom stereocenters. The molecule has 0 N–H and O–H groups in total. The quantitative estimate of drug-likeness (QED) is 0.368. The number of aryl methyl sites for hydroxylation is 1. The maximum atomic E-state index is 13.9. The number of nitrogens with zero attached hydrogens (tertiary/aromatic N) is 6. The van der Waals surface area contributed by atoms with E-state index < -0.39 is 5.60 Å². The van der Waals surface area contributed by atoms with Gasteiger partial charge in [0.25, 0.3) is 5.91 Å². The summed E-state index contributed by atoms with van der Waals surface area (Å²) in [5, 5.41) is 8.80. The van der Waals surface area contributed by atoms with Gasteiger partial charge in [-0.2, -0.15) is 0 Å². The van der Waals surface area contributed by atoms with Gasteiger partial charge in [-0.1, -0.05) is 27.2 Å². The first-order chi connectivity index (χ1) is 19.4. The smallest absolute Gasteiger partial charge is 0.414 e. The van der Waals surface area contributed by atoms with E-state index in [9.17, 15) is 9.59 Å². The third kappa shape index (κ3) is 6.48. The van der Waals surface area contributed by atoms with Crippen molar-refractivity contribution in [2.75, 3.05) is 24.5 Å². The summed E-state index contributed by atoms with van der Waals surface area (Å²) >= 11 is 3.56. The van der Waals surface area contributed by atoms with Crippen molar-refractivity contribution in [3.05, 3.63) is 69.5 Å². The van der Waals surface area contributed by atoms with Gasteiger partial charge in [-0.15, -0.1) is 5.10 Å². The Bertz CT molecular complexity index is 1420. The van der Waals surface area contributed by atoms with E-state index in [1.807, 2.05) is 56.1 Å². The monoisotopic (exact) mass is 622 g/mol. The first-order valence-electron chi connectivity index (χ1n) is 14.3. The van der Waals surface area contributed by atoms with Crippen LogP contribution >= 0.6 is 15.9 Å². The van der Waals surface area contributed by atoms with Gasteiger partial charge in [0.15, 0.2) is 0 Å². The molecule has 3 aromatic rings. The van der Waals surface area contributed by atoms with Crippen molar-refractivity contribution in [3.8, 4) is 5.69 Å². The molecule has 0 spiro atoms. The molecule has 0 saturated carbocycles. The van der Waals surface area contributed by atoms with Crippen molar-refractivity contribution in [1.82, 2.24) is 24.8 Å². The Morgan fingerprint density at radius 3 is 2.51 bits per heavy atom. The highest BCUT2D eigenvalue weighted by molar-refractivity contribution is 9.10. The number of anilines is 1. The Labute approximate surface area is 250 Å². The number of halogens is 1. The van der Waals surface area contributed by atoms with Crippen LogP contribution < -0.4 is 4.90 Å². The molecule has 10 heteroatoms. The molecule has 3 heterocycles. The maximum absolute atomic E-state index is 13.9. The highest BCUT2D eigenvalue weighted by Crippen LogP contribution is 2.32. The lowest BCUT2D eigenvalue weighted by Gasteiger charge is -2.44. The average Bonchev–Trinajstić information content (AvgIpc) is 3.37. The summed E-state index contributed by atoms with van der Waals surface area (Å²) in [6.07, 6.45) is 3.16. The molecular weight excluding hydrogens is 584 g/mol. The number of fused-ring (bicyclic) bond motifs is 1. The van der Waals surface area contributed by atoms with Crippen molar-refractivity contribution < 1.29 is 14.3 Å². The molecule has 1 aromatic heterocycles. The number of benzene rings is 2. The van der Waals surface area contributed by atoms with E-state index in [1.165, 1.54) is 0 Å². The van der Waals surface area contributed by atoms with Crippen LogP contribution in [0.4, 0.5) is 10.5 Å². The molecule has 0 aliphatic carbocycles. The number of carbonyl (C=O) groups is 2. The molecule has 9 nitrogen and oxygen atoms in total. The molecule has 1 fully saturated rings. The van der Waals surface area contributed by atoms with E-state index in [0.717, 1.165) is 45.5 Å². The van der Waals surface area contributed by atoms with Crippen molar-refractivity contribution in [2.45, 2.75) is 78.6 Å². The van der Waals surface area contributed by atoms with E-state index in [0.29, 0.717) is 31.7 Å². The average molecular weight is 624 g/mol. The zero-order chi connectivity index (χ0) is 29.5. The van der Waals surface area contributed by atoms with Gasteiger partial charge in [0, 0.05) is 48.3 Å². The molecule has 41 heavy (non-hydrogen) atoms. The third-order valence-electron chi connectivity index (χ3n) is 7.66. The fraction of sp³-hybridized carbons (Fsp3) is 0.484. The van der Waals surface area contributed by atoms with Crippen LogP contribution in [-0.2, 0) is 17.7 Å². The van der Waals surface area contributed by atoms with Crippen LogP contribution in [-0.4, -0.2) is 74.1 Å². The first kappa shape index (κ1) is 29.3. The van der Waals surface area contributed by atoms with Gasteiger partial charge in [-0.25, -0.2) is 9.48 Å². The maximum Gasteiger partial charge on any atom is 0.414 e. The normalized spacial score (nSPS) is 19.7. The van der Waals surface area contributed by atoms with E-state index in [1.54, 1.807) is 9.58 Å². The van der Waals surface area contributed by atoms with Crippen LogP contribution in [0.3, 0.4) is 0 Å². The Balaban J connectivity index is 1.29. The highest BCUT2D eigenvalue weighted by atomic mass is 79.9. The number of amides is 2. The highest BCUT2D eigenvalue weighted by Gasteiger charge is 2.35. The van der Waals surface area contributed by atoms with Crippen LogP contribution in [0.15, 0.2) is 47.1 Å². The van der Waals surface area contributed by atoms with Crippen molar-refractivity contribution >= 4 is 33.6 Å². The topological polar surface area (TPSA) is 83.8 Å². The van der Waals surface area contributed by atoms with Crippen LogP contribution in [0.5, 0.6) is 0 Å².